The van der Waals surface area contributed by atoms with E-state index in [1.165, 1.54) is 0 Å². The van der Waals surface area contributed by atoms with Crippen LogP contribution in [0.4, 0.5) is 4.79 Å². The number of aldehydes is 1. The zero-order valence-electron chi connectivity index (χ0n) is 19.9. The molecule has 2 amide bonds. The van der Waals surface area contributed by atoms with Crippen LogP contribution in [-0.4, -0.2) is 46.7 Å². The largest absolute Gasteiger partial charge is 0.445 e. The van der Waals surface area contributed by atoms with E-state index < -0.39 is 35.6 Å². The van der Waals surface area contributed by atoms with E-state index in [0.29, 0.717) is 5.56 Å². The van der Waals surface area contributed by atoms with Gasteiger partial charge in [0.2, 0.25) is 12.2 Å². The molecule has 0 aliphatic rings. The van der Waals surface area contributed by atoms with Gasteiger partial charge in [-0.15, -0.1) is 0 Å². The number of hydrogen-bond donors (Lipinski definition) is 2. The minimum atomic E-state index is -1.22. The zero-order valence-corrected chi connectivity index (χ0v) is 19.9. The molecule has 2 N–H and O–H groups in total. The van der Waals surface area contributed by atoms with Crippen molar-refractivity contribution in [2.45, 2.75) is 31.5 Å². The van der Waals surface area contributed by atoms with Gasteiger partial charge in [0.05, 0.1) is 0 Å². The molecule has 3 aromatic carbocycles. The Morgan fingerprint density at radius 1 is 0.757 bits per heavy atom. The maximum absolute atomic E-state index is 13.3. The van der Waals surface area contributed by atoms with Gasteiger partial charge in [-0.1, -0.05) is 91.0 Å². The number of ether oxygens (including phenoxy) is 1. The third kappa shape index (κ3) is 8.38. The first kappa shape index (κ1) is 26.7. The van der Waals surface area contributed by atoms with E-state index in [2.05, 4.69) is 15.4 Å². The maximum atomic E-state index is 13.3. The number of rotatable bonds is 12. The van der Waals surface area contributed by atoms with Gasteiger partial charge in [0.25, 0.3) is 5.78 Å². The summed E-state index contributed by atoms with van der Waals surface area (Å²) in [6, 6.07) is 24.6. The SMILES string of the molecule is [N-]=[N+]=C(C=O)C(=O)C(Cc1ccccc1)NC(=O)C(Cc1ccccc1)NC(=O)OCc1ccccc1. The second-order valence-corrected chi connectivity index (χ2v) is 8.17. The average molecular weight is 499 g/mol. The van der Waals surface area contributed by atoms with Crippen LogP contribution in [0.1, 0.15) is 16.7 Å². The number of ketones is 1. The lowest BCUT2D eigenvalue weighted by Gasteiger charge is -2.22. The van der Waals surface area contributed by atoms with Crippen LogP contribution in [0.2, 0.25) is 0 Å². The van der Waals surface area contributed by atoms with Gasteiger partial charge in [-0.05, 0) is 16.7 Å². The Labute approximate surface area is 214 Å². The van der Waals surface area contributed by atoms with Crippen LogP contribution in [0.3, 0.4) is 0 Å². The molecular formula is C28H26N4O5. The number of carbonyl (C=O) groups is 4. The Morgan fingerprint density at radius 2 is 1.24 bits per heavy atom. The van der Waals surface area contributed by atoms with E-state index in [4.69, 9.17) is 10.3 Å². The Bertz CT molecular complexity index is 1260. The lowest BCUT2D eigenvalue weighted by molar-refractivity contribution is -0.128. The fourth-order valence-corrected chi connectivity index (χ4v) is 3.61. The van der Waals surface area contributed by atoms with E-state index in [-0.39, 0.29) is 25.7 Å². The third-order valence-corrected chi connectivity index (χ3v) is 5.49. The Hall–Kier alpha value is -4.88. The topological polar surface area (TPSA) is 138 Å². The van der Waals surface area contributed by atoms with E-state index in [9.17, 15) is 19.2 Å². The van der Waals surface area contributed by atoms with Gasteiger partial charge in [-0.25, -0.2) is 4.79 Å². The molecule has 3 rings (SSSR count). The van der Waals surface area contributed by atoms with Crippen molar-refractivity contribution in [2.75, 3.05) is 0 Å². The highest BCUT2D eigenvalue weighted by molar-refractivity contribution is 6.59. The van der Waals surface area contributed by atoms with Gasteiger partial charge < -0.3 is 20.9 Å². The highest BCUT2D eigenvalue weighted by atomic mass is 16.5. The molecule has 37 heavy (non-hydrogen) atoms. The van der Waals surface area contributed by atoms with Crippen LogP contribution in [0, 0.1) is 0 Å². The van der Waals surface area contributed by atoms with Crippen LogP contribution in [-0.2, 0) is 38.6 Å². The number of Topliss-reactive ketones (excluding diaryl/α,β-unsaturated/α-hetero) is 1. The van der Waals surface area contributed by atoms with Crippen molar-refractivity contribution in [3.63, 3.8) is 0 Å². The summed E-state index contributed by atoms with van der Waals surface area (Å²) < 4.78 is 5.27. The summed E-state index contributed by atoms with van der Waals surface area (Å²) in [7, 11) is 0. The van der Waals surface area contributed by atoms with Crippen molar-refractivity contribution < 1.29 is 28.7 Å². The minimum absolute atomic E-state index is 0.0110. The van der Waals surface area contributed by atoms with Gasteiger partial charge >= 0.3 is 11.8 Å². The Morgan fingerprint density at radius 3 is 1.73 bits per heavy atom. The fourth-order valence-electron chi connectivity index (χ4n) is 3.61. The molecule has 2 unspecified atom stereocenters. The molecule has 188 valence electrons. The Balaban J connectivity index is 1.78. The second-order valence-electron chi connectivity index (χ2n) is 8.17. The molecule has 2 atom stereocenters. The van der Waals surface area contributed by atoms with Crippen molar-refractivity contribution in [2.24, 2.45) is 0 Å². The molecule has 0 radical (unpaired) electrons. The normalized spacial score (nSPS) is 11.8. The molecule has 0 saturated carbocycles. The molecule has 9 heteroatoms. The van der Waals surface area contributed by atoms with Crippen molar-refractivity contribution in [1.82, 2.24) is 10.6 Å². The maximum Gasteiger partial charge on any atom is 0.408 e. The van der Waals surface area contributed by atoms with Crippen LogP contribution in [0.15, 0.2) is 91.0 Å². The molecular weight excluding hydrogens is 472 g/mol. The minimum Gasteiger partial charge on any atom is -0.445 e. The molecule has 0 aliphatic carbocycles. The van der Waals surface area contributed by atoms with E-state index in [1.807, 2.05) is 24.3 Å². The highest BCUT2D eigenvalue weighted by Crippen LogP contribution is 2.08. The monoisotopic (exact) mass is 498 g/mol. The molecule has 0 spiro atoms. The van der Waals surface area contributed by atoms with Gasteiger partial charge in [0.1, 0.15) is 18.7 Å². The number of hydrogen-bond acceptors (Lipinski definition) is 5. The van der Waals surface area contributed by atoms with Crippen LogP contribution >= 0.6 is 0 Å². The van der Waals surface area contributed by atoms with E-state index in [1.54, 1.807) is 66.7 Å². The number of alkyl carbamates (subject to hydrolysis) is 1. The fraction of sp³-hybridized carbons (Fsp3) is 0.179. The number of amides is 2. The van der Waals surface area contributed by atoms with Crippen molar-refractivity contribution in [3.05, 3.63) is 113 Å². The number of nitrogens with one attached hydrogen (secondary N) is 2. The zero-order chi connectivity index (χ0) is 26.5. The van der Waals surface area contributed by atoms with Crippen LogP contribution < -0.4 is 10.6 Å². The standard InChI is InChI=1S/C28H26N4O5/c29-32-25(18-33)26(34)23(16-20-10-4-1-5-11-20)30-27(35)24(17-21-12-6-2-7-13-21)31-28(36)37-19-22-14-8-3-9-15-22/h1-15,18,23-24H,16-17,19H2,(H,30,35)(H,31,36). The quantitative estimate of drug-likeness (QED) is 0.130. The predicted octanol–water partition coefficient (Wildman–Crippen LogP) is 2.69. The smallest absolute Gasteiger partial charge is 0.408 e. The van der Waals surface area contributed by atoms with Crippen LogP contribution in [0.25, 0.3) is 5.53 Å². The lowest BCUT2D eigenvalue weighted by atomic mass is 9.98. The second kappa shape index (κ2) is 13.9. The first-order valence-electron chi connectivity index (χ1n) is 11.6. The Kier molecular flexibility index (Phi) is 10.0. The van der Waals surface area contributed by atoms with Crippen LogP contribution in [0.5, 0.6) is 0 Å². The molecule has 0 aliphatic heterocycles. The van der Waals surface area contributed by atoms with E-state index >= 15 is 0 Å². The molecule has 9 nitrogen and oxygen atoms in total. The van der Waals surface area contributed by atoms with Gasteiger partial charge in [0, 0.05) is 12.8 Å². The summed E-state index contributed by atoms with van der Waals surface area (Å²) in [6.07, 6.45) is -0.535. The number of carbonyl (C=O) groups excluding carboxylic acids is 4. The van der Waals surface area contributed by atoms with Crippen molar-refractivity contribution in [3.8, 4) is 0 Å². The van der Waals surface area contributed by atoms with Gasteiger partial charge in [0.15, 0.2) is 0 Å². The lowest BCUT2D eigenvalue weighted by Crippen LogP contribution is -2.54. The molecule has 0 aromatic heterocycles. The van der Waals surface area contributed by atoms with E-state index in [0.717, 1.165) is 11.1 Å². The predicted molar refractivity (Wildman–Crippen MR) is 135 cm³/mol. The highest BCUT2D eigenvalue weighted by Gasteiger charge is 2.33. The molecule has 0 saturated heterocycles. The van der Waals surface area contributed by atoms with Gasteiger partial charge in [-0.3, -0.25) is 14.4 Å². The molecule has 0 fully saturated rings. The third-order valence-electron chi connectivity index (χ3n) is 5.49. The molecule has 0 heterocycles. The summed E-state index contributed by atoms with van der Waals surface area (Å²) in [5, 5.41) is 5.17. The summed E-state index contributed by atoms with van der Waals surface area (Å²) in [4.78, 5) is 52.7. The molecule has 3 aromatic rings. The molecule has 0 bridgehead atoms. The number of benzene rings is 3. The summed E-state index contributed by atoms with van der Waals surface area (Å²) in [5.74, 6) is -1.53. The van der Waals surface area contributed by atoms with Crippen molar-refractivity contribution >= 4 is 29.8 Å². The first-order valence-corrected chi connectivity index (χ1v) is 11.6. The van der Waals surface area contributed by atoms with Gasteiger partial charge in [-0.2, -0.15) is 4.79 Å². The summed E-state index contributed by atoms with van der Waals surface area (Å²) >= 11 is 0. The average Bonchev–Trinajstić information content (AvgIpc) is 2.93. The number of nitrogens with zero attached hydrogens (tertiary/aromatic N) is 2. The summed E-state index contributed by atoms with van der Waals surface area (Å²) in [6.45, 7) is 0.0110. The first-order chi connectivity index (χ1) is 18.0. The van der Waals surface area contributed by atoms with Crippen molar-refractivity contribution in [1.29, 1.82) is 0 Å². The summed E-state index contributed by atoms with van der Waals surface area (Å²) in [5.41, 5.74) is 10.6.